The van der Waals surface area contributed by atoms with Crippen molar-refractivity contribution < 1.29 is 33.6 Å². The molecule has 0 aromatic heterocycles. The fourth-order valence-corrected chi connectivity index (χ4v) is 3.03. The van der Waals surface area contributed by atoms with E-state index in [1.807, 2.05) is 37.3 Å². The van der Waals surface area contributed by atoms with Crippen LogP contribution in [0.2, 0.25) is 0 Å². The minimum absolute atomic E-state index is 0.286. The fourth-order valence-electron chi connectivity index (χ4n) is 3.03. The molecule has 0 unspecified atom stereocenters. The van der Waals surface area contributed by atoms with Crippen LogP contribution in [-0.4, -0.2) is 43.5 Å². The van der Waals surface area contributed by atoms with E-state index >= 15 is 0 Å². The van der Waals surface area contributed by atoms with E-state index in [-0.39, 0.29) is 5.75 Å². The Morgan fingerprint density at radius 2 is 1.66 bits per heavy atom. The van der Waals surface area contributed by atoms with Crippen LogP contribution in [0.1, 0.15) is 28.4 Å². The van der Waals surface area contributed by atoms with Crippen LogP contribution in [0.4, 0.5) is 0 Å². The van der Waals surface area contributed by atoms with Crippen LogP contribution in [0.25, 0.3) is 0 Å². The minimum Gasteiger partial charge on any atom is -0.493 e. The number of carbonyl (C=O) groups excluding carboxylic acids is 1. The molecule has 3 aromatic rings. The van der Waals surface area contributed by atoms with E-state index in [1.54, 1.807) is 36.4 Å². The first-order valence-corrected chi connectivity index (χ1v) is 10.8. The maximum atomic E-state index is 12.6. The number of carboxylic acid groups (broad SMARTS) is 1. The van der Waals surface area contributed by atoms with E-state index in [9.17, 15) is 9.59 Å². The van der Waals surface area contributed by atoms with Gasteiger partial charge in [-0.2, -0.15) is 5.10 Å². The molecule has 35 heavy (non-hydrogen) atoms. The molecule has 1 amide bonds. The zero-order valence-corrected chi connectivity index (χ0v) is 19.4. The van der Waals surface area contributed by atoms with Gasteiger partial charge in [0.15, 0.2) is 29.6 Å². The van der Waals surface area contributed by atoms with Crippen molar-refractivity contribution in [1.82, 2.24) is 5.43 Å². The van der Waals surface area contributed by atoms with Gasteiger partial charge in [0.25, 0.3) is 5.91 Å². The first-order chi connectivity index (χ1) is 17.0. The highest BCUT2D eigenvalue weighted by atomic mass is 16.5. The number of amides is 1. The van der Waals surface area contributed by atoms with Gasteiger partial charge in [-0.25, -0.2) is 10.2 Å². The van der Waals surface area contributed by atoms with E-state index < -0.39 is 18.5 Å². The van der Waals surface area contributed by atoms with Crippen LogP contribution >= 0.6 is 0 Å². The third kappa shape index (κ3) is 7.50. The van der Waals surface area contributed by atoms with Crippen molar-refractivity contribution in [2.75, 3.05) is 20.3 Å². The van der Waals surface area contributed by atoms with Crippen molar-refractivity contribution in [3.05, 3.63) is 83.4 Å². The topological polar surface area (TPSA) is 116 Å². The molecule has 0 saturated heterocycles. The largest absolute Gasteiger partial charge is 0.493 e. The van der Waals surface area contributed by atoms with Crippen LogP contribution in [0.3, 0.4) is 0 Å². The van der Waals surface area contributed by atoms with E-state index in [0.717, 1.165) is 5.56 Å². The predicted octanol–water partition coefficient (Wildman–Crippen LogP) is 3.90. The van der Waals surface area contributed by atoms with Crippen LogP contribution in [0.5, 0.6) is 23.0 Å². The van der Waals surface area contributed by atoms with Gasteiger partial charge in [0.2, 0.25) is 0 Å². The lowest BCUT2D eigenvalue weighted by Gasteiger charge is -2.13. The van der Waals surface area contributed by atoms with Crippen molar-refractivity contribution in [3.8, 4) is 23.0 Å². The highest BCUT2D eigenvalue weighted by Crippen LogP contribution is 2.30. The number of nitrogens with zero attached hydrogens (tertiary/aromatic N) is 1. The molecule has 0 radical (unpaired) electrons. The molecule has 9 heteroatoms. The molecule has 0 atom stereocenters. The summed E-state index contributed by atoms with van der Waals surface area (Å²) in [7, 11) is 1.44. The summed E-state index contributed by atoms with van der Waals surface area (Å²) in [5.74, 6) is 0.103. The number of benzene rings is 3. The highest BCUT2D eigenvalue weighted by Gasteiger charge is 2.12. The molecule has 3 aromatic carbocycles. The lowest BCUT2D eigenvalue weighted by molar-refractivity contribution is -0.139. The summed E-state index contributed by atoms with van der Waals surface area (Å²) in [5.41, 5.74) is 4.46. The van der Waals surface area contributed by atoms with Gasteiger partial charge in [-0.15, -0.1) is 0 Å². The van der Waals surface area contributed by atoms with Crippen molar-refractivity contribution >= 4 is 18.1 Å². The first-order valence-electron chi connectivity index (χ1n) is 10.8. The molecular formula is C26H26N2O7. The van der Waals surface area contributed by atoms with Gasteiger partial charge in [-0.05, 0) is 54.4 Å². The molecule has 0 heterocycles. The second kappa shape index (κ2) is 12.6. The number of ether oxygens (including phenoxy) is 4. The van der Waals surface area contributed by atoms with E-state index in [4.69, 9.17) is 24.1 Å². The second-order valence-electron chi connectivity index (χ2n) is 7.16. The van der Waals surface area contributed by atoms with Crippen LogP contribution in [0.15, 0.2) is 71.8 Å². The average molecular weight is 479 g/mol. The summed E-state index contributed by atoms with van der Waals surface area (Å²) in [5, 5.41) is 12.7. The zero-order valence-electron chi connectivity index (χ0n) is 19.4. The molecule has 0 aliphatic rings. The molecule has 0 aliphatic carbocycles. The van der Waals surface area contributed by atoms with Gasteiger partial charge in [0.05, 0.1) is 19.9 Å². The Morgan fingerprint density at radius 3 is 2.37 bits per heavy atom. The Kier molecular flexibility index (Phi) is 9.07. The Morgan fingerprint density at radius 1 is 0.914 bits per heavy atom. The van der Waals surface area contributed by atoms with Crippen molar-refractivity contribution in [2.45, 2.75) is 13.5 Å². The van der Waals surface area contributed by atoms with Crippen molar-refractivity contribution in [3.63, 3.8) is 0 Å². The quantitative estimate of drug-likeness (QED) is 0.300. The van der Waals surface area contributed by atoms with E-state index in [2.05, 4.69) is 10.5 Å². The van der Waals surface area contributed by atoms with Crippen molar-refractivity contribution in [1.29, 1.82) is 0 Å². The maximum Gasteiger partial charge on any atom is 0.341 e. The Bertz CT molecular complexity index is 1180. The normalized spacial score (nSPS) is 10.6. The van der Waals surface area contributed by atoms with Gasteiger partial charge < -0.3 is 24.1 Å². The lowest BCUT2D eigenvalue weighted by atomic mass is 10.2. The number of nitrogens with one attached hydrogen (secondary N) is 1. The summed E-state index contributed by atoms with van der Waals surface area (Å²) >= 11 is 0. The molecule has 9 nitrogen and oxygen atoms in total. The summed E-state index contributed by atoms with van der Waals surface area (Å²) < 4.78 is 21.9. The summed E-state index contributed by atoms with van der Waals surface area (Å²) in [6, 6.07) is 19.5. The Balaban J connectivity index is 1.64. The number of aliphatic carboxylic acids is 1. The number of carbonyl (C=O) groups is 2. The third-order valence-corrected chi connectivity index (χ3v) is 4.66. The molecule has 0 bridgehead atoms. The first kappa shape index (κ1) is 25.1. The lowest BCUT2D eigenvalue weighted by Crippen LogP contribution is -2.17. The fraction of sp³-hybridized carbons (Fsp3) is 0.192. The van der Waals surface area contributed by atoms with Crippen molar-refractivity contribution in [2.24, 2.45) is 5.10 Å². The predicted molar refractivity (Wildman–Crippen MR) is 130 cm³/mol. The standard InChI is InChI=1S/C26H26N2O7/c1-3-33-24-14-20(10-12-22(24)34-16-18-7-5-4-6-8-18)26(31)28-27-15-19-9-11-21(23(13-19)32-2)35-17-25(29)30/h4-15H,3,16-17H2,1-2H3,(H,28,31)(H,29,30)/b27-15+. The number of methoxy groups -OCH3 is 1. The highest BCUT2D eigenvalue weighted by molar-refractivity contribution is 5.95. The van der Waals surface area contributed by atoms with E-state index in [0.29, 0.717) is 41.6 Å². The SMILES string of the molecule is CCOc1cc(C(=O)N/N=C/c2ccc(OCC(=O)O)c(OC)c2)ccc1OCc1ccccc1. The molecule has 3 rings (SSSR count). The molecule has 2 N–H and O–H groups in total. The summed E-state index contributed by atoms with van der Waals surface area (Å²) in [6.07, 6.45) is 1.43. The molecule has 0 fully saturated rings. The number of carboxylic acids is 1. The van der Waals surface area contributed by atoms with Gasteiger partial charge in [0, 0.05) is 5.56 Å². The Labute approximate surface area is 202 Å². The van der Waals surface area contributed by atoms with Gasteiger partial charge in [-0.3, -0.25) is 4.79 Å². The summed E-state index contributed by atoms with van der Waals surface area (Å²) in [4.78, 5) is 23.3. The maximum absolute atomic E-state index is 12.6. The minimum atomic E-state index is -1.09. The Hall–Kier alpha value is -4.53. The molecule has 0 saturated carbocycles. The van der Waals surface area contributed by atoms with Gasteiger partial charge in [0.1, 0.15) is 6.61 Å². The van der Waals surface area contributed by atoms with Crippen LogP contribution < -0.4 is 24.4 Å². The van der Waals surface area contributed by atoms with E-state index in [1.165, 1.54) is 13.3 Å². The second-order valence-corrected chi connectivity index (χ2v) is 7.16. The number of hydrogen-bond donors (Lipinski definition) is 2. The van der Waals surface area contributed by atoms with Crippen LogP contribution in [0, 0.1) is 0 Å². The number of hydrogen-bond acceptors (Lipinski definition) is 7. The molecule has 0 aliphatic heterocycles. The van der Waals surface area contributed by atoms with Crippen LogP contribution in [-0.2, 0) is 11.4 Å². The summed E-state index contributed by atoms with van der Waals surface area (Å²) in [6.45, 7) is 2.16. The monoisotopic (exact) mass is 478 g/mol. The zero-order chi connectivity index (χ0) is 25.0. The van der Waals surface area contributed by atoms with Gasteiger partial charge >= 0.3 is 5.97 Å². The number of hydrazone groups is 1. The average Bonchev–Trinajstić information content (AvgIpc) is 2.87. The number of rotatable bonds is 12. The van der Waals surface area contributed by atoms with Gasteiger partial charge in [-0.1, -0.05) is 30.3 Å². The molecular weight excluding hydrogens is 452 g/mol. The third-order valence-electron chi connectivity index (χ3n) is 4.66. The molecule has 182 valence electrons. The smallest absolute Gasteiger partial charge is 0.341 e. The molecule has 0 spiro atoms.